The number of benzene rings is 1. The lowest BCUT2D eigenvalue weighted by Crippen LogP contribution is -2.21. The van der Waals surface area contributed by atoms with Gasteiger partial charge in [-0.1, -0.05) is 108 Å². The van der Waals surface area contributed by atoms with Crippen molar-refractivity contribution < 1.29 is 14.6 Å². The molecule has 0 aliphatic heterocycles. The number of carbonyl (C=O) groups excluding carboxylic acids is 1. The van der Waals surface area contributed by atoms with Gasteiger partial charge in [-0.25, -0.2) is 0 Å². The van der Waals surface area contributed by atoms with E-state index in [1.165, 1.54) is 50.5 Å². The number of rotatable bonds is 16. The molecule has 0 spiro atoms. The summed E-state index contributed by atoms with van der Waals surface area (Å²) in [6.45, 7) is 5.13. The van der Waals surface area contributed by atoms with Crippen molar-refractivity contribution in [2.45, 2.75) is 97.2 Å². The smallest absolute Gasteiger partial charge is 0.140 e. The van der Waals surface area contributed by atoms with Crippen molar-refractivity contribution in [1.29, 1.82) is 0 Å². The fourth-order valence-electron chi connectivity index (χ4n) is 4.77. The Morgan fingerprint density at radius 3 is 2.45 bits per heavy atom. The van der Waals surface area contributed by atoms with Crippen LogP contribution >= 0.6 is 0 Å². The molecule has 174 valence electrons. The van der Waals surface area contributed by atoms with E-state index in [9.17, 15) is 9.90 Å². The molecule has 1 aliphatic rings. The predicted octanol–water partition coefficient (Wildman–Crippen LogP) is 6.88. The molecule has 1 aromatic carbocycles. The zero-order chi connectivity index (χ0) is 22.3. The van der Waals surface area contributed by atoms with Crippen LogP contribution in [0.5, 0.6) is 0 Å². The maximum atomic E-state index is 12.7. The molecule has 1 N–H and O–H groups in total. The highest BCUT2D eigenvalue weighted by Crippen LogP contribution is 2.38. The Balaban J connectivity index is 1.93. The monoisotopic (exact) mass is 428 g/mol. The number of hydrogen-bond acceptors (Lipinski definition) is 3. The molecule has 3 nitrogen and oxygen atoms in total. The van der Waals surface area contributed by atoms with Gasteiger partial charge in [0, 0.05) is 18.9 Å². The Hall–Kier alpha value is -1.45. The quantitative estimate of drug-likeness (QED) is 0.230. The van der Waals surface area contributed by atoms with Crippen molar-refractivity contribution in [2.24, 2.45) is 17.8 Å². The van der Waals surface area contributed by atoms with E-state index < -0.39 is 0 Å². The zero-order valence-electron chi connectivity index (χ0n) is 19.8. The molecule has 0 bridgehead atoms. The number of hydrogen-bond donors (Lipinski definition) is 1. The average molecular weight is 429 g/mol. The summed E-state index contributed by atoms with van der Waals surface area (Å²) in [5.74, 6) is 0.543. The van der Waals surface area contributed by atoms with Gasteiger partial charge in [0.15, 0.2) is 0 Å². The number of Topliss-reactive ketones (excluding diaryl/α,β-unsaturated/α-hetero) is 1. The van der Waals surface area contributed by atoms with Gasteiger partial charge in [-0.05, 0) is 30.2 Å². The summed E-state index contributed by atoms with van der Waals surface area (Å²) in [6.07, 6.45) is 16.6. The second-order valence-corrected chi connectivity index (χ2v) is 9.22. The number of ketones is 1. The number of aliphatic hydroxyl groups is 1. The first-order valence-corrected chi connectivity index (χ1v) is 12.7. The van der Waals surface area contributed by atoms with E-state index in [0.29, 0.717) is 24.7 Å². The van der Waals surface area contributed by atoms with Crippen molar-refractivity contribution >= 4 is 5.78 Å². The van der Waals surface area contributed by atoms with Gasteiger partial charge >= 0.3 is 0 Å². The topological polar surface area (TPSA) is 46.5 Å². The van der Waals surface area contributed by atoms with Gasteiger partial charge in [0.25, 0.3) is 0 Å². The molecule has 0 heterocycles. The number of ether oxygens (including phenoxy) is 1. The van der Waals surface area contributed by atoms with Crippen LogP contribution in [0.25, 0.3) is 0 Å². The van der Waals surface area contributed by atoms with E-state index in [1.807, 2.05) is 18.2 Å². The second-order valence-electron chi connectivity index (χ2n) is 9.22. The lowest BCUT2D eigenvalue weighted by Gasteiger charge is -2.21. The number of carbonyl (C=O) groups is 1. The average Bonchev–Trinajstić information content (AvgIpc) is 3.10. The standard InChI is InChI=1S/C28H44O3/c1-3-5-7-8-13-16-24-20-28(30)26(27(24)21-29)19-18-25(17-10-6-4-2)31-22-23-14-11-9-12-15-23/h9,11-12,14-15,18-19,24-27,29H,3-8,10,13,16-17,20-22H2,1-2H3/b19-18+/t24-,25-,26+,27-/m0/s1. The van der Waals surface area contributed by atoms with Crippen molar-refractivity contribution in [2.75, 3.05) is 6.61 Å². The van der Waals surface area contributed by atoms with Crippen LogP contribution in [-0.4, -0.2) is 23.6 Å². The van der Waals surface area contributed by atoms with Crippen molar-refractivity contribution in [3.8, 4) is 0 Å². The minimum Gasteiger partial charge on any atom is -0.396 e. The van der Waals surface area contributed by atoms with Crippen molar-refractivity contribution in [1.82, 2.24) is 0 Å². The summed E-state index contributed by atoms with van der Waals surface area (Å²) in [6, 6.07) is 10.3. The molecule has 0 unspecified atom stereocenters. The van der Waals surface area contributed by atoms with E-state index in [2.05, 4.69) is 38.1 Å². The first-order chi connectivity index (χ1) is 15.2. The van der Waals surface area contributed by atoms with Crippen molar-refractivity contribution in [3.63, 3.8) is 0 Å². The van der Waals surface area contributed by atoms with Crippen LogP contribution in [-0.2, 0) is 16.1 Å². The highest BCUT2D eigenvalue weighted by molar-refractivity contribution is 5.85. The van der Waals surface area contributed by atoms with Gasteiger partial charge < -0.3 is 9.84 Å². The molecule has 0 amide bonds. The Morgan fingerprint density at radius 1 is 1.03 bits per heavy atom. The van der Waals surface area contributed by atoms with Gasteiger partial charge in [0.1, 0.15) is 5.78 Å². The molecule has 2 rings (SSSR count). The summed E-state index contributed by atoms with van der Waals surface area (Å²) in [4.78, 5) is 12.7. The summed E-state index contributed by atoms with van der Waals surface area (Å²) in [5, 5.41) is 10.0. The molecule has 0 saturated heterocycles. The summed E-state index contributed by atoms with van der Waals surface area (Å²) < 4.78 is 6.21. The Bertz CT molecular complexity index is 624. The largest absolute Gasteiger partial charge is 0.396 e. The minimum absolute atomic E-state index is 0.0204. The molecule has 0 radical (unpaired) electrons. The van der Waals surface area contributed by atoms with Gasteiger partial charge in [-0.2, -0.15) is 0 Å². The van der Waals surface area contributed by atoms with Crippen LogP contribution in [0.15, 0.2) is 42.5 Å². The molecule has 3 heteroatoms. The maximum Gasteiger partial charge on any atom is 0.140 e. The molecule has 1 fully saturated rings. The summed E-state index contributed by atoms with van der Waals surface area (Å²) in [7, 11) is 0. The van der Waals surface area contributed by atoms with E-state index in [0.717, 1.165) is 19.3 Å². The SMILES string of the molecule is CCCCCCC[C@H]1CC(=O)[C@H](/C=C/[C@H](CCCCC)OCc2ccccc2)[C@H]1CO. The zero-order valence-corrected chi connectivity index (χ0v) is 19.8. The first kappa shape index (κ1) is 25.8. The fraction of sp³-hybridized carbons (Fsp3) is 0.679. The number of aliphatic hydroxyl groups excluding tert-OH is 1. The van der Waals surface area contributed by atoms with Gasteiger partial charge in [0.2, 0.25) is 0 Å². The van der Waals surface area contributed by atoms with Crippen LogP contribution in [0, 0.1) is 17.8 Å². The van der Waals surface area contributed by atoms with E-state index in [4.69, 9.17) is 4.74 Å². The Kier molecular flexibility index (Phi) is 12.8. The molecule has 1 aromatic rings. The lowest BCUT2D eigenvalue weighted by atomic mass is 9.86. The highest BCUT2D eigenvalue weighted by Gasteiger charge is 2.40. The molecule has 1 aliphatic carbocycles. The normalized spacial score (nSPS) is 22.4. The van der Waals surface area contributed by atoms with Crippen molar-refractivity contribution in [3.05, 3.63) is 48.0 Å². The van der Waals surface area contributed by atoms with E-state index in [1.54, 1.807) is 0 Å². The molecular formula is C28H44O3. The molecule has 31 heavy (non-hydrogen) atoms. The molecule has 4 atom stereocenters. The Labute approximate surface area is 190 Å². The van der Waals surface area contributed by atoms with Gasteiger partial charge in [-0.15, -0.1) is 0 Å². The minimum atomic E-state index is -0.153. The first-order valence-electron chi connectivity index (χ1n) is 12.7. The third kappa shape index (κ3) is 9.29. The predicted molar refractivity (Wildman–Crippen MR) is 129 cm³/mol. The van der Waals surface area contributed by atoms with E-state index >= 15 is 0 Å². The van der Waals surface area contributed by atoms with E-state index in [-0.39, 0.29) is 24.5 Å². The lowest BCUT2D eigenvalue weighted by molar-refractivity contribution is -0.120. The number of allylic oxidation sites excluding steroid dienone is 1. The third-order valence-corrected chi connectivity index (χ3v) is 6.72. The molecular weight excluding hydrogens is 384 g/mol. The molecule has 0 aromatic heterocycles. The van der Waals surface area contributed by atoms with Crippen LogP contribution in [0.4, 0.5) is 0 Å². The maximum absolute atomic E-state index is 12.7. The third-order valence-electron chi connectivity index (χ3n) is 6.72. The van der Waals surface area contributed by atoms with Crippen LogP contribution in [0.1, 0.15) is 90.0 Å². The second kappa shape index (κ2) is 15.4. The summed E-state index contributed by atoms with van der Waals surface area (Å²) in [5.41, 5.74) is 1.17. The van der Waals surface area contributed by atoms with Crippen LogP contribution in [0.3, 0.4) is 0 Å². The Morgan fingerprint density at radius 2 is 1.74 bits per heavy atom. The highest BCUT2D eigenvalue weighted by atomic mass is 16.5. The molecule has 1 saturated carbocycles. The van der Waals surface area contributed by atoms with Crippen LogP contribution < -0.4 is 0 Å². The fourth-order valence-corrected chi connectivity index (χ4v) is 4.77. The number of unbranched alkanes of at least 4 members (excludes halogenated alkanes) is 6. The van der Waals surface area contributed by atoms with Gasteiger partial charge in [0.05, 0.1) is 12.7 Å². The van der Waals surface area contributed by atoms with Crippen LogP contribution in [0.2, 0.25) is 0 Å². The summed E-state index contributed by atoms with van der Waals surface area (Å²) >= 11 is 0. The van der Waals surface area contributed by atoms with Gasteiger partial charge in [-0.3, -0.25) is 4.79 Å².